The average Bonchev–Trinajstić information content (AvgIpc) is 2.16. The molecule has 0 radical (unpaired) electrons. The Morgan fingerprint density at radius 3 is 2.85 bits per heavy atom. The summed E-state index contributed by atoms with van der Waals surface area (Å²) in [6, 6.07) is 0. The van der Waals surface area contributed by atoms with Crippen LogP contribution in [0.1, 0.15) is 0 Å². The smallest absolute Gasteiger partial charge is 0.0479 e. The molecule has 13 heavy (non-hydrogen) atoms. The van der Waals surface area contributed by atoms with Gasteiger partial charge in [-0.15, -0.1) is 0 Å². The van der Waals surface area contributed by atoms with Crippen molar-refractivity contribution >= 4 is 0 Å². The normalized spacial score (nSPS) is 17.8. The summed E-state index contributed by atoms with van der Waals surface area (Å²) < 4.78 is 0. The minimum Gasteiger partial charge on any atom is -0.314 e. The lowest BCUT2D eigenvalue weighted by Crippen LogP contribution is -2.44. The minimum atomic E-state index is 0.417. The molecule has 0 aromatic carbocycles. The van der Waals surface area contributed by atoms with E-state index in [1.54, 1.807) is 0 Å². The molecule has 1 rings (SSSR count). The molecule has 1 aliphatic rings. The summed E-state index contributed by atoms with van der Waals surface area (Å²) in [6.45, 7) is 9.30. The van der Waals surface area contributed by atoms with Gasteiger partial charge >= 0.3 is 0 Å². The van der Waals surface area contributed by atoms with Crippen LogP contribution >= 0.6 is 0 Å². The van der Waals surface area contributed by atoms with E-state index in [-0.39, 0.29) is 0 Å². The quantitative estimate of drug-likeness (QED) is 0.301. The highest BCUT2D eigenvalue weighted by Crippen LogP contribution is 1.99. The third-order valence-electron chi connectivity index (χ3n) is 2.01. The summed E-state index contributed by atoms with van der Waals surface area (Å²) in [5, 5.41) is 6.75. The molecule has 1 saturated heterocycles. The Morgan fingerprint density at radius 1 is 1.54 bits per heavy atom. The summed E-state index contributed by atoms with van der Waals surface area (Å²) in [6.07, 6.45) is 0. The van der Waals surface area contributed by atoms with Gasteiger partial charge in [-0.1, -0.05) is 17.3 Å². The average molecular weight is 181 g/mol. The van der Waals surface area contributed by atoms with Crippen molar-refractivity contribution in [2.75, 3.05) is 39.3 Å². The molecule has 0 spiro atoms. The summed E-state index contributed by atoms with van der Waals surface area (Å²) in [4.78, 5) is 5.01. The van der Waals surface area contributed by atoms with Gasteiger partial charge in [0.25, 0.3) is 0 Å². The SMILES string of the molecule is C=C(CN=[N+]=[N-])CN1CCNCC1. The molecular formula is C8H15N5. The van der Waals surface area contributed by atoms with E-state index in [0.29, 0.717) is 6.54 Å². The van der Waals surface area contributed by atoms with Crippen LogP contribution in [-0.2, 0) is 0 Å². The summed E-state index contributed by atoms with van der Waals surface area (Å²) in [7, 11) is 0. The van der Waals surface area contributed by atoms with Crippen molar-refractivity contribution in [2.24, 2.45) is 5.11 Å². The zero-order chi connectivity index (χ0) is 9.52. The molecule has 0 aliphatic carbocycles. The van der Waals surface area contributed by atoms with Gasteiger partial charge < -0.3 is 5.32 Å². The van der Waals surface area contributed by atoms with E-state index in [1.807, 2.05) is 0 Å². The van der Waals surface area contributed by atoms with Gasteiger partial charge in [0.2, 0.25) is 0 Å². The van der Waals surface area contributed by atoms with Crippen molar-refractivity contribution in [1.82, 2.24) is 10.2 Å². The molecule has 1 heterocycles. The van der Waals surface area contributed by atoms with E-state index in [1.165, 1.54) is 0 Å². The summed E-state index contributed by atoms with van der Waals surface area (Å²) in [5.41, 5.74) is 9.10. The number of hydrogen-bond donors (Lipinski definition) is 1. The maximum Gasteiger partial charge on any atom is 0.0479 e. The molecule has 5 nitrogen and oxygen atoms in total. The van der Waals surface area contributed by atoms with Crippen molar-refractivity contribution in [3.05, 3.63) is 22.6 Å². The van der Waals surface area contributed by atoms with Gasteiger partial charge in [0.05, 0.1) is 0 Å². The fourth-order valence-corrected chi connectivity index (χ4v) is 1.37. The monoisotopic (exact) mass is 181 g/mol. The van der Waals surface area contributed by atoms with Crippen molar-refractivity contribution < 1.29 is 0 Å². The first-order valence-corrected chi connectivity index (χ1v) is 4.43. The predicted molar refractivity (Wildman–Crippen MR) is 52.5 cm³/mol. The van der Waals surface area contributed by atoms with E-state index in [4.69, 9.17) is 5.53 Å². The standard InChI is InChI=1S/C8H15N5/c1-8(6-11-12-9)7-13-4-2-10-3-5-13/h10H,1-7H2. The van der Waals surface area contributed by atoms with Crippen molar-refractivity contribution in [3.8, 4) is 0 Å². The molecule has 1 aliphatic heterocycles. The highest BCUT2D eigenvalue weighted by molar-refractivity contribution is 5.00. The van der Waals surface area contributed by atoms with Gasteiger partial charge in [-0.2, -0.15) is 0 Å². The molecule has 0 amide bonds. The van der Waals surface area contributed by atoms with Crippen LogP contribution in [0.2, 0.25) is 0 Å². The first-order chi connectivity index (χ1) is 6.33. The van der Waals surface area contributed by atoms with Gasteiger partial charge in [-0.3, -0.25) is 4.90 Å². The van der Waals surface area contributed by atoms with Crippen LogP contribution in [0.4, 0.5) is 0 Å². The molecule has 1 fully saturated rings. The highest BCUT2D eigenvalue weighted by Gasteiger charge is 2.09. The Balaban J connectivity index is 2.21. The van der Waals surface area contributed by atoms with Crippen LogP contribution in [0.5, 0.6) is 0 Å². The van der Waals surface area contributed by atoms with E-state index in [0.717, 1.165) is 38.3 Å². The second-order valence-corrected chi connectivity index (χ2v) is 3.17. The largest absolute Gasteiger partial charge is 0.314 e. The van der Waals surface area contributed by atoms with E-state index in [9.17, 15) is 0 Å². The molecule has 0 bridgehead atoms. The molecule has 0 saturated carbocycles. The third kappa shape index (κ3) is 3.94. The van der Waals surface area contributed by atoms with Gasteiger partial charge in [0, 0.05) is 44.2 Å². The van der Waals surface area contributed by atoms with Gasteiger partial charge in [0.1, 0.15) is 0 Å². The first kappa shape index (κ1) is 10.1. The first-order valence-electron chi connectivity index (χ1n) is 4.43. The van der Waals surface area contributed by atoms with E-state index >= 15 is 0 Å². The molecule has 0 atom stereocenters. The topological polar surface area (TPSA) is 64.0 Å². The molecular weight excluding hydrogens is 166 g/mol. The van der Waals surface area contributed by atoms with Gasteiger partial charge in [-0.05, 0) is 5.53 Å². The highest BCUT2D eigenvalue weighted by atomic mass is 15.2. The Labute approximate surface area is 78.0 Å². The minimum absolute atomic E-state index is 0.417. The van der Waals surface area contributed by atoms with Crippen molar-refractivity contribution in [1.29, 1.82) is 0 Å². The number of hydrogen-bond acceptors (Lipinski definition) is 3. The van der Waals surface area contributed by atoms with E-state index < -0.39 is 0 Å². The molecule has 0 aromatic rings. The van der Waals surface area contributed by atoms with Crippen molar-refractivity contribution in [2.45, 2.75) is 0 Å². The Bertz CT molecular complexity index is 213. The fourth-order valence-electron chi connectivity index (χ4n) is 1.37. The maximum atomic E-state index is 8.11. The summed E-state index contributed by atoms with van der Waals surface area (Å²) >= 11 is 0. The molecule has 72 valence electrons. The van der Waals surface area contributed by atoms with Crippen LogP contribution in [0.15, 0.2) is 17.3 Å². The lowest BCUT2D eigenvalue weighted by atomic mass is 10.2. The van der Waals surface area contributed by atoms with E-state index in [2.05, 4.69) is 26.8 Å². The van der Waals surface area contributed by atoms with Crippen LogP contribution in [-0.4, -0.2) is 44.2 Å². The number of nitrogens with one attached hydrogen (secondary N) is 1. The van der Waals surface area contributed by atoms with Crippen LogP contribution in [0.3, 0.4) is 0 Å². The van der Waals surface area contributed by atoms with Gasteiger partial charge in [-0.25, -0.2) is 0 Å². The van der Waals surface area contributed by atoms with Gasteiger partial charge in [0.15, 0.2) is 0 Å². The number of piperazine rings is 1. The second-order valence-electron chi connectivity index (χ2n) is 3.17. The van der Waals surface area contributed by atoms with Crippen molar-refractivity contribution in [3.63, 3.8) is 0 Å². The molecule has 0 aromatic heterocycles. The lowest BCUT2D eigenvalue weighted by molar-refractivity contribution is 0.259. The van der Waals surface area contributed by atoms with Crippen LogP contribution in [0, 0.1) is 0 Å². The summed E-state index contributed by atoms with van der Waals surface area (Å²) in [5.74, 6) is 0. The Morgan fingerprint density at radius 2 is 2.23 bits per heavy atom. The number of rotatable bonds is 4. The zero-order valence-electron chi connectivity index (χ0n) is 7.74. The zero-order valence-corrected chi connectivity index (χ0v) is 7.74. The fraction of sp³-hybridized carbons (Fsp3) is 0.750. The Hall–Kier alpha value is -1.03. The Kier molecular flexibility index (Phi) is 4.32. The van der Waals surface area contributed by atoms with Crippen LogP contribution < -0.4 is 5.32 Å². The number of nitrogens with zero attached hydrogens (tertiary/aromatic N) is 4. The third-order valence-corrected chi connectivity index (χ3v) is 2.01. The molecule has 0 unspecified atom stereocenters. The maximum absolute atomic E-state index is 8.11. The predicted octanol–water partition coefficient (Wildman–Crippen LogP) is 0.758. The second kappa shape index (κ2) is 5.59. The lowest BCUT2D eigenvalue weighted by Gasteiger charge is -2.27. The number of azide groups is 1. The molecule has 1 N–H and O–H groups in total. The molecule has 5 heteroatoms. The van der Waals surface area contributed by atoms with Crippen LogP contribution in [0.25, 0.3) is 10.4 Å².